The minimum atomic E-state index is -0.441. The molecule has 6 heteroatoms. The van der Waals surface area contributed by atoms with Crippen LogP contribution in [-0.2, 0) is 11.3 Å². The summed E-state index contributed by atoms with van der Waals surface area (Å²) in [4.78, 5) is 9.57. The quantitative estimate of drug-likeness (QED) is 0.941. The van der Waals surface area contributed by atoms with Gasteiger partial charge in [-0.2, -0.15) is 5.26 Å². The maximum atomic E-state index is 14.3. The van der Waals surface area contributed by atoms with E-state index < -0.39 is 5.82 Å². The molecule has 0 bridgehead atoms. The highest BCUT2D eigenvalue weighted by Gasteiger charge is 2.35. The second-order valence-electron chi connectivity index (χ2n) is 5.40. The van der Waals surface area contributed by atoms with Crippen LogP contribution in [0.3, 0.4) is 0 Å². The van der Waals surface area contributed by atoms with Crippen molar-refractivity contribution in [3.05, 3.63) is 53.4 Å². The Labute approximate surface area is 128 Å². The third-order valence-corrected chi connectivity index (χ3v) is 4.11. The number of nitrogens with zero attached hydrogens (tertiary/aromatic N) is 3. The molecule has 1 fully saturated rings. The molecule has 3 rings (SSSR count). The zero-order valence-corrected chi connectivity index (χ0v) is 12.3. The van der Waals surface area contributed by atoms with Crippen LogP contribution < -0.4 is 0 Å². The van der Waals surface area contributed by atoms with Crippen molar-refractivity contribution in [2.24, 2.45) is 0 Å². The number of aromatic nitrogens is 2. The normalized spacial score (nSPS) is 21.9. The van der Waals surface area contributed by atoms with Gasteiger partial charge in [0.25, 0.3) is 0 Å². The molecule has 0 radical (unpaired) electrons. The predicted molar refractivity (Wildman–Crippen MR) is 78.3 cm³/mol. The zero-order chi connectivity index (χ0) is 15.5. The molecular formula is C16H17FN4O. The summed E-state index contributed by atoms with van der Waals surface area (Å²) in [6, 6.07) is 6.86. The Kier molecular flexibility index (Phi) is 4.18. The highest BCUT2D eigenvalue weighted by atomic mass is 19.1. The Balaban J connectivity index is 1.85. The fraction of sp³-hybridized carbons (Fsp3) is 0.375. The molecule has 22 heavy (non-hydrogen) atoms. The van der Waals surface area contributed by atoms with Gasteiger partial charge in [-0.3, -0.25) is 4.90 Å². The van der Waals surface area contributed by atoms with Gasteiger partial charge < -0.3 is 9.72 Å². The molecule has 1 N–H and O–H groups in total. The molecule has 0 spiro atoms. The first-order valence-corrected chi connectivity index (χ1v) is 7.16. The number of nitriles is 1. The average Bonchev–Trinajstić information content (AvgIpc) is 3.18. The van der Waals surface area contributed by atoms with E-state index in [0.717, 1.165) is 12.2 Å². The van der Waals surface area contributed by atoms with Crippen LogP contribution in [0.2, 0.25) is 0 Å². The van der Waals surface area contributed by atoms with E-state index in [1.54, 1.807) is 31.6 Å². The molecule has 1 saturated heterocycles. The summed E-state index contributed by atoms with van der Waals surface area (Å²) in [5.41, 5.74) is 0.599. The van der Waals surface area contributed by atoms with Crippen LogP contribution in [0.1, 0.15) is 29.4 Å². The topological polar surface area (TPSA) is 64.9 Å². The highest BCUT2D eigenvalue weighted by molar-refractivity contribution is 5.35. The van der Waals surface area contributed by atoms with E-state index in [9.17, 15) is 4.39 Å². The fourth-order valence-electron chi connectivity index (χ4n) is 2.96. The Morgan fingerprint density at radius 3 is 3.09 bits per heavy atom. The van der Waals surface area contributed by atoms with E-state index in [1.807, 2.05) is 6.07 Å². The number of hydrogen-bond acceptors (Lipinski definition) is 4. The maximum Gasteiger partial charge on any atom is 0.145 e. The number of aromatic amines is 1. The van der Waals surface area contributed by atoms with E-state index in [2.05, 4.69) is 14.9 Å². The van der Waals surface area contributed by atoms with Crippen molar-refractivity contribution in [3.63, 3.8) is 0 Å². The fourth-order valence-corrected chi connectivity index (χ4v) is 2.96. The molecule has 2 heterocycles. The number of ether oxygens (including phenoxy) is 1. The summed E-state index contributed by atoms with van der Waals surface area (Å²) in [5, 5.41) is 8.95. The van der Waals surface area contributed by atoms with Crippen molar-refractivity contribution in [3.8, 4) is 6.07 Å². The molecule has 1 aliphatic heterocycles. The van der Waals surface area contributed by atoms with Crippen molar-refractivity contribution < 1.29 is 9.13 Å². The lowest BCUT2D eigenvalue weighted by Crippen LogP contribution is -2.26. The lowest BCUT2D eigenvalue weighted by atomic mass is 10.1. The van der Waals surface area contributed by atoms with Crippen LogP contribution in [0, 0.1) is 17.1 Å². The average molecular weight is 300 g/mol. The van der Waals surface area contributed by atoms with Gasteiger partial charge in [0.15, 0.2) is 0 Å². The Morgan fingerprint density at radius 1 is 1.55 bits per heavy atom. The Morgan fingerprint density at radius 2 is 2.41 bits per heavy atom. The third kappa shape index (κ3) is 2.73. The number of likely N-dealkylation sites (tertiary alicyclic amines) is 1. The molecule has 1 aromatic carbocycles. The summed E-state index contributed by atoms with van der Waals surface area (Å²) in [6.07, 6.45) is 4.40. The molecular weight excluding hydrogens is 283 g/mol. The van der Waals surface area contributed by atoms with Crippen molar-refractivity contribution in [2.45, 2.75) is 25.1 Å². The van der Waals surface area contributed by atoms with Crippen molar-refractivity contribution in [1.82, 2.24) is 14.9 Å². The molecule has 1 aromatic heterocycles. The summed E-state index contributed by atoms with van der Waals surface area (Å²) in [7, 11) is 1.68. The lowest BCUT2D eigenvalue weighted by molar-refractivity contribution is 0.107. The minimum absolute atomic E-state index is 0.0603. The lowest BCUT2D eigenvalue weighted by Gasteiger charge is -2.23. The van der Waals surface area contributed by atoms with Crippen LogP contribution in [0.5, 0.6) is 0 Å². The second-order valence-corrected chi connectivity index (χ2v) is 5.40. The highest BCUT2D eigenvalue weighted by Crippen LogP contribution is 2.33. The molecule has 0 saturated carbocycles. The van der Waals surface area contributed by atoms with Crippen molar-refractivity contribution in [1.29, 1.82) is 5.26 Å². The molecule has 2 atom stereocenters. The van der Waals surface area contributed by atoms with E-state index in [1.165, 1.54) is 6.07 Å². The van der Waals surface area contributed by atoms with E-state index in [0.29, 0.717) is 18.7 Å². The van der Waals surface area contributed by atoms with E-state index in [-0.39, 0.29) is 17.7 Å². The van der Waals surface area contributed by atoms with Gasteiger partial charge in [-0.15, -0.1) is 0 Å². The first-order valence-electron chi connectivity index (χ1n) is 7.16. The molecule has 5 nitrogen and oxygen atoms in total. The van der Waals surface area contributed by atoms with E-state index in [4.69, 9.17) is 10.00 Å². The minimum Gasteiger partial charge on any atom is -0.380 e. The summed E-state index contributed by atoms with van der Waals surface area (Å²) < 4.78 is 19.7. The number of H-pyrrole nitrogens is 1. The largest absolute Gasteiger partial charge is 0.380 e. The molecule has 0 unspecified atom stereocenters. The summed E-state index contributed by atoms with van der Waals surface area (Å²) >= 11 is 0. The predicted octanol–water partition coefficient (Wildman–Crippen LogP) is 2.38. The second kappa shape index (κ2) is 6.26. The monoisotopic (exact) mass is 300 g/mol. The van der Waals surface area contributed by atoms with Crippen LogP contribution >= 0.6 is 0 Å². The Bertz CT molecular complexity index is 680. The number of benzene rings is 1. The first-order chi connectivity index (χ1) is 10.7. The number of methoxy groups -OCH3 is 1. The number of hydrogen-bond donors (Lipinski definition) is 1. The van der Waals surface area contributed by atoms with Crippen LogP contribution in [-0.4, -0.2) is 34.6 Å². The molecule has 0 amide bonds. The van der Waals surface area contributed by atoms with Gasteiger partial charge in [0, 0.05) is 38.2 Å². The SMILES string of the molecule is CO[C@@H]1C[C@@H](c2ncc[nH]2)N(Cc2cccc(C#N)c2F)C1. The number of imidazole rings is 1. The van der Waals surface area contributed by atoms with Crippen LogP contribution in [0.25, 0.3) is 0 Å². The molecule has 114 valence electrons. The van der Waals surface area contributed by atoms with Crippen LogP contribution in [0.15, 0.2) is 30.6 Å². The van der Waals surface area contributed by atoms with Gasteiger partial charge in [-0.1, -0.05) is 12.1 Å². The maximum absolute atomic E-state index is 14.3. The summed E-state index contributed by atoms with van der Waals surface area (Å²) in [5.74, 6) is 0.417. The van der Waals surface area contributed by atoms with Gasteiger partial charge in [0.2, 0.25) is 0 Å². The van der Waals surface area contributed by atoms with Gasteiger partial charge in [0.05, 0.1) is 17.7 Å². The third-order valence-electron chi connectivity index (χ3n) is 4.11. The first kappa shape index (κ1) is 14.7. The van der Waals surface area contributed by atoms with Crippen molar-refractivity contribution in [2.75, 3.05) is 13.7 Å². The molecule has 1 aliphatic rings. The van der Waals surface area contributed by atoms with E-state index >= 15 is 0 Å². The number of halogens is 1. The molecule has 0 aliphatic carbocycles. The standard InChI is InChI=1S/C16H17FN4O/c1-22-13-7-14(16-19-5-6-20-16)21(10-13)9-12-4-2-3-11(8-18)15(12)17/h2-6,13-14H,7,9-10H2,1H3,(H,19,20)/t13-,14+/m1/s1. The van der Waals surface area contributed by atoms with Crippen LogP contribution in [0.4, 0.5) is 4.39 Å². The molecule has 2 aromatic rings. The van der Waals surface area contributed by atoms with Gasteiger partial charge in [0.1, 0.15) is 17.7 Å². The van der Waals surface area contributed by atoms with Gasteiger partial charge in [-0.25, -0.2) is 9.37 Å². The van der Waals surface area contributed by atoms with Gasteiger partial charge >= 0.3 is 0 Å². The summed E-state index contributed by atoms with van der Waals surface area (Å²) in [6.45, 7) is 1.13. The number of nitrogens with one attached hydrogen (secondary N) is 1. The van der Waals surface area contributed by atoms with Crippen molar-refractivity contribution >= 4 is 0 Å². The zero-order valence-electron chi connectivity index (χ0n) is 12.3. The number of rotatable bonds is 4. The smallest absolute Gasteiger partial charge is 0.145 e. The van der Waals surface area contributed by atoms with Gasteiger partial charge in [-0.05, 0) is 12.5 Å². The Hall–Kier alpha value is -2.23.